The van der Waals surface area contributed by atoms with E-state index in [1.807, 2.05) is 36.4 Å². The zero-order valence-corrected chi connectivity index (χ0v) is 13.5. The third-order valence-electron chi connectivity index (χ3n) is 3.55. The molecule has 21 heavy (non-hydrogen) atoms. The van der Waals surface area contributed by atoms with Crippen LogP contribution in [0.25, 0.3) is 0 Å². The molecule has 2 aromatic rings. The fraction of sp³-hybridized carbons (Fsp3) is 0.188. The van der Waals surface area contributed by atoms with E-state index in [4.69, 9.17) is 11.6 Å². The molecule has 1 aliphatic rings. The zero-order chi connectivity index (χ0) is 14.8. The van der Waals surface area contributed by atoms with Crippen LogP contribution in [0.3, 0.4) is 0 Å². The first kappa shape index (κ1) is 14.4. The topological polar surface area (TPSA) is 41.1 Å². The largest absolute Gasteiger partial charge is 0.373 e. The molecule has 0 fully saturated rings. The summed E-state index contributed by atoms with van der Waals surface area (Å²) < 4.78 is 0.890. The minimum Gasteiger partial charge on any atom is -0.373 e. The Morgan fingerprint density at radius 1 is 1.24 bits per heavy atom. The normalized spacial score (nSPS) is 17.6. The zero-order valence-electron chi connectivity index (χ0n) is 11.2. The molecular weight excluding hydrogens is 352 g/mol. The van der Waals surface area contributed by atoms with Crippen molar-refractivity contribution in [2.24, 2.45) is 0 Å². The molecule has 1 aliphatic heterocycles. The fourth-order valence-electron chi connectivity index (χ4n) is 2.44. The lowest BCUT2D eigenvalue weighted by Crippen LogP contribution is -2.33. The van der Waals surface area contributed by atoms with Gasteiger partial charge < -0.3 is 10.6 Å². The van der Waals surface area contributed by atoms with Gasteiger partial charge in [0.1, 0.15) is 6.04 Å². The number of fused-ring (bicyclic) bond motifs is 1. The summed E-state index contributed by atoms with van der Waals surface area (Å²) in [6.45, 7) is 0. The van der Waals surface area contributed by atoms with Crippen LogP contribution in [0.15, 0.2) is 46.9 Å². The van der Waals surface area contributed by atoms with Crippen molar-refractivity contribution in [2.75, 3.05) is 10.6 Å². The second-order valence-electron chi connectivity index (χ2n) is 5.01. The molecular formula is C16H14BrClN2O. The van der Waals surface area contributed by atoms with Gasteiger partial charge in [0.05, 0.1) is 5.69 Å². The second kappa shape index (κ2) is 6.08. The number of rotatable bonds is 2. The average Bonchev–Trinajstić information content (AvgIpc) is 2.62. The summed E-state index contributed by atoms with van der Waals surface area (Å²) in [6.07, 6.45) is 1.59. The molecule has 1 heterocycles. The number of carbonyl (C=O) groups excluding carboxylic acids is 1. The van der Waals surface area contributed by atoms with Crippen molar-refractivity contribution >= 4 is 44.8 Å². The number of hydrogen-bond acceptors (Lipinski definition) is 2. The van der Waals surface area contributed by atoms with Crippen LogP contribution >= 0.6 is 27.5 Å². The van der Waals surface area contributed by atoms with Gasteiger partial charge in [-0.25, -0.2) is 0 Å². The standard InChI is InChI=1S/C16H14BrClN2O/c17-12-7-6-11(18)9-15(12)19-14-8-5-10-3-1-2-4-13(10)20-16(14)21/h1-4,6-7,9,14,19H,5,8H2,(H,20,21). The molecule has 5 heteroatoms. The molecule has 0 aliphatic carbocycles. The van der Waals surface area contributed by atoms with Crippen LogP contribution in [0, 0.1) is 0 Å². The Hall–Kier alpha value is -1.52. The Morgan fingerprint density at radius 2 is 2.05 bits per heavy atom. The first-order chi connectivity index (χ1) is 10.1. The highest BCUT2D eigenvalue weighted by Crippen LogP contribution is 2.28. The van der Waals surface area contributed by atoms with E-state index in [1.54, 1.807) is 6.07 Å². The van der Waals surface area contributed by atoms with E-state index < -0.39 is 0 Å². The summed E-state index contributed by atoms with van der Waals surface area (Å²) in [4.78, 5) is 12.4. The van der Waals surface area contributed by atoms with Gasteiger partial charge in [0, 0.05) is 15.2 Å². The monoisotopic (exact) mass is 364 g/mol. The molecule has 0 bridgehead atoms. The van der Waals surface area contributed by atoms with Crippen molar-refractivity contribution in [2.45, 2.75) is 18.9 Å². The molecule has 1 unspecified atom stereocenters. The Morgan fingerprint density at radius 3 is 2.90 bits per heavy atom. The van der Waals surface area contributed by atoms with Crippen molar-refractivity contribution in [1.82, 2.24) is 0 Å². The molecule has 0 saturated carbocycles. The van der Waals surface area contributed by atoms with E-state index >= 15 is 0 Å². The summed E-state index contributed by atoms with van der Waals surface area (Å²) in [5.41, 5.74) is 2.89. The summed E-state index contributed by atoms with van der Waals surface area (Å²) in [5, 5.41) is 6.89. The van der Waals surface area contributed by atoms with E-state index in [1.165, 1.54) is 5.56 Å². The average molecular weight is 366 g/mol. The van der Waals surface area contributed by atoms with Gasteiger partial charge in [0.15, 0.2) is 0 Å². The quantitative estimate of drug-likeness (QED) is 0.824. The molecule has 1 amide bonds. The van der Waals surface area contributed by atoms with Crippen LogP contribution in [-0.4, -0.2) is 11.9 Å². The van der Waals surface area contributed by atoms with Crippen LogP contribution in [0.2, 0.25) is 5.02 Å². The first-order valence-corrected chi connectivity index (χ1v) is 7.91. The number of amides is 1. The molecule has 0 spiro atoms. The molecule has 0 saturated heterocycles. The number of hydrogen-bond donors (Lipinski definition) is 2. The van der Waals surface area contributed by atoms with E-state index in [0.717, 1.165) is 28.7 Å². The van der Waals surface area contributed by atoms with Crippen molar-refractivity contribution < 1.29 is 4.79 Å². The lowest BCUT2D eigenvalue weighted by Gasteiger charge is -2.17. The summed E-state index contributed by atoms with van der Waals surface area (Å²) >= 11 is 9.49. The molecule has 0 radical (unpaired) electrons. The van der Waals surface area contributed by atoms with Crippen molar-refractivity contribution in [1.29, 1.82) is 0 Å². The predicted molar refractivity (Wildman–Crippen MR) is 90.0 cm³/mol. The maximum atomic E-state index is 12.4. The fourth-order valence-corrected chi connectivity index (χ4v) is 2.98. The van der Waals surface area contributed by atoms with Gasteiger partial charge in [-0.15, -0.1) is 0 Å². The van der Waals surface area contributed by atoms with Crippen molar-refractivity contribution in [3.63, 3.8) is 0 Å². The van der Waals surface area contributed by atoms with Gasteiger partial charge in [0.25, 0.3) is 0 Å². The van der Waals surface area contributed by atoms with Gasteiger partial charge in [-0.1, -0.05) is 29.8 Å². The Bertz CT molecular complexity index is 690. The van der Waals surface area contributed by atoms with Crippen LogP contribution < -0.4 is 10.6 Å². The molecule has 2 N–H and O–H groups in total. The smallest absolute Gasteiger partial charge is 0.246 e. The summed E-state index contributed by atoms with van der Waals surface area (Å²) in [6, 6.07) is 13.1. The van der Waals surface area contributed by atoms with Crippen molar-refractivity contribution in [3.05, 3.63) is 57.5 Å². The SMILES string of the molecule is O=C1Nc2ccccc2CCC1Nc1cc(Cl)ccc1Br. The van der Waals surface area contributed by atoms with Gasteiger partial charge in [-0.05, 0) is 58.6 Å². The maximum Gasteiger partial charge on any atom is 0.246 e. The number of halogens is 2. The number of anilines is 2. The first-order valence-electron chi connectivity index (χ1n) is 6.74. The highest BCUT2D eigenvalue weighted by atomic mass is 79.9. The Balaban J connectivity index is 1.81. The van der Waals surface area contributed by atoms with Crippen LogP contribution in [0.5, 0.6) is 0 Å². The highest BCUT2D eigenvalue weighted by molar-refractivity contribution is 9.10. The second-order valence-corrected chi connectivity index (χ2v) is 6.30. The molecule has 108 valence electrons. The van der Waals surface area contributed by atoms with E-state index in [9.17, 15) is 4.79 Å². The predicted octanol–water partition coefficient (Wildman–Crippen LogP) is 4.47. The van der Waals surface area contributed by atoms with Gasteiger partial charge >= 0.3 is 0 Å². The third-order valence-corrected chi connectivity index (χ3v) is 4.48. The molecule has 3 rings (SSSR count). The minimum atomic E-state index is -0.285. The van der Waals surface area contributed by atoms with Crippen molar-refractivity contribution in [3.8, 4) is 0 Å². The molecule has 2 aromatic carbocycles. The van der Waals surface area contributed by atoms with E-state index in [-0.39, 0.29) is 11.9 Å². The lowest BCUT2D eigenvalue weighted by molar-refractivity contribution is -0.116. The van der Waals surface area contributed by atoms with Crippen LogP contribution in [-0.2, 0) is 11.2 Å². The molecule has 3 nitrogen and oxygen atoms in total. The van der Waals surface area contributed by atoms with Gasteiger partial charge in [-0.2, -0.15) is 0 Å². The van der Waals surface area contributed by atoms with E-state index in [2.05, 4.69) is 26.6 Å². The number of para-hydroxylation sites is 1. The third kappa shape index (κ3) is 3.22. The van der Waals surface area contributed by atoms with Gasteiger partial charge in [-0.3, -0.25) is 4.79 Å². The van der Waals surface area contributed by atoms with E-state index in [0.29, 0.717) is 5.02 Å². The number of aryl methyl sites for hydroxylation is 1. The Labute approximate surface area is 136 Å². The highest BCUT2D eigenvalue weighted by Gasteiger charge is 2.23. The summed E-state index contributed by atoms with van der Waals surface area (Å²) in [5.74, 6) is -0.0215. The summed E-state index contributed by atoms with van der Waals surface area (Å²) in [7, 11) is 0. The van der Waals surface area contributed by atoms with Crippen LogP contribution in [0.4, 0.5) is 11.4 Å². The number of carbonyl (C=O) groups is 1. The lowest BCUT2D eigenvalue weighted by atomic mass is 10.1. The molecule has 1 atom stereocenters. The van der Waals surface area contributed by atoms with Gasteiger partial charge in [0.2, 0.25) is 5.91 Å². The maximum absolute atomic E-state index is 12.4. The molecule has 0 aromatic heterocycles. The van der Waals surface area contributed by atoms with Crippen LogP contribution in [0.1, 0.15) is 12.0 Å². The Kier molecular flexibility index (Phi) is 4.17. The minimum absolute atomic E-state index is 0.0215. The number of benzene rings is 2. The number of nitrogens with one attached hydrogen (secondary N) is 2.